The summed E-state index contributed by atoms with van der Waals surface area (Å²) in [6.45, 7) is 0.706. The lowest BCUT2D eigenvalue weighted by molar-refractivity contribution is 0.0950. The molecule has 1 aromatic heterocycles. The quantitative estimate of drug-likeness (QED) is 0.382. The summed E-state index contributed by atoms with van der Waals surface area (Å²) in [5.74, 6) is 1.25. The van der Waals surface area contributed by atoms with Gasteiger partial charge in [0, 0.05) is 22.3 Å². The largest absolute Gasteiger partial charge is 0.496 e. The highest BCUT2D eigenvalue weighted by atomic mass is 79.9. The third kappa shape index (κ3) is 4.49. The van der Waals surface area contributed by atoms with Crippen LogP contribution in [-0.4, -0.2) is 18.0 Å². The van der Waals surface area contributed by atoms with E-state index in [1.165, 1.54) is 0 Å². The standard InChI is InChI=1S/C24H21BrN2O3/c1-29-22-11-10-17(12-18(22)15-30-23-9-5-3-7-20(23)25)24(28)26-14-19-13-16-6-2-4-8-21(16)27-19/h2-13,27H,14-15H2,1H3,(H,26,28). The van der Waals surface area contributed by atoms with Gasteiger partial charge in [0.15, 0.2) is 0 Å². The summed E-state index contributed by atoms with van der Waals surface area (Å²) in [6.07, 6.45) is 0. The monoisotopic (exact) mass is 464 g/mol. The van der Waals surface area contributed by atoms with Crippen LogP contribution in [0.3, 0.4) is 0 Å². The number of hydrogen-bond donors (Lipinski definition) is 2. The molecule has 152 valence electrons. The number of benzene rings is 3. The molecule has 2 N–H and O–H groups in total. The van der Waals surface area contributed by atoms with Crippen molar-refractivity contribution in [1.82, 2.24) is 10.3 Å². The first-order chi connectivity index (χ1) is 14.6. The van der Waals surface area contributed by atoms with Gasteiger partial charge in [0.05, 0.1) is 18.1 Å². The van der Waals surface area contributed by atoms with Crippen molar-refractivity contribution in [1.29, 1.82) is 0 Å². The van der Waals surface area contributed by atoms with Gasteiger partial charge in [-0.1, -0.05) is 30.3 Å². The van der Waals surface area contributed by atoms with E-state index in [1.807, 2.05) is 54.6 Å². The zero-order chi connectivity index (χ0) is 20.9. The Morgan fingerprint density at radius 1 is 1.00 bits per heavy atom. The number of halogens is 1. The zero-order valence-electron chi connectivity index (χ0n) is 16.4. The number of methoxy groups -OCH3 is 1. The maximum atomic E-state index is 12.7. The smallest absolute Gasteiger partial charge is 0.251 e. The summed E-state index contributed by atoms with van der Waals surface area (Å²) in [4.78, 5) is 16.0. The molecule has 6 heteroatoms. The summed E-state index contributed by atoms with van der Waals surface area (Å²) < 4.78 is 12.2. The Bertz CT molecular complexity index is 1150. The Labute approximate surface area is 183 Å². The predicted octanol–water partition coefficient (Wildman–Crippen LogP) is 5.45. The van der Waals surface area contributed by atoms with Crippen LogP contribution in [0.5, 0.6) is 11.5 Å². The van der Waals surface area contributed by atoms with E-state index in [-0.39, 0.29) is 12.5 Å². The lowest BCUT2D eigenvalue weighted by atomic mass is 10.1. The Hall–Kier alpha value is -3.25. The first kappa shape index (κ1) is 20.0. The molecule has 4 aromatic rings. The molecule has 30 heavy (non-hydrogen) atoms. The van der Waals surface area contributed by atoms with Gasteiger partial charge in [-0.15, -0.1) is 0 Å². The van der Waals surface area contributed by atoms with Crippen LogP contribution < -0.4 is 14.8 Å². The number of nitrogens with one attached hydrogen (secondary N) is 2. The van der Waals surface area contributed by atoms with Crippen molar-refractivity contribution in [2.45, 2.75) is 13.2 Å². The van der Waals surface area contributed by atoms with Gasteiger partial charge in [-0.2, -0.15) is 0 Å². The van der Waals surface area contributed by atoms with Crippen LogP contribution in [0, 0.1) is 0 Å². The summed E-state index contributed by atoms with van der Waals surface area (Å²) in [7, 11) is 1.60. The number of ether oxygens (including phenoxy) is 2. The van der Waals surface area contributed by atoms with Crippen molar-refractivity contribution in [2.24, 2.45) is 0 Å². The first-order valence-electron chi connectivity index (χ1n) is 9.53. The summed E-state index contributed by atoms with van der Waals surface area (Å²) in [5, 5.41) is 4.09. The van der Waals surface area contributed by atoms with Gasteiger partial charge >= 0.3 is 0 Å². The first-order valence-corrected chi connectivity index (χ1v) is 10.3. The maximum Gasteiger partial charge on any atom is 0.251 e. The highest BCUT2D eigenvalue weighted by Crippen LogP contribution is 2.27. The molecular weight excluding hydrogens is 444 g/mol. The summed E-state index contributed by atoms with van der Waals surface area (Å²) in [6, 6.07) is 23.0. The molecule has 0 bridgehead atoms. The number of rotatable bonds is 7. The van der Waals surface area contributed by atoms with Crippen molar-refractivity contribution in [2.75, 3.05) is 7.11 Å². The molecule has 0 saturated heterocycles. The molecular formula is C24H21BrN2O3. The average Bonchev–Trinajstić information content (AvgIpc) is 3.20. The molecule has 0 saturated carbocycles. The van der Waals surface area contributed by atoms with Crippen LogP contribution in [0.2, 0.25) is 0 Å². The SMILES string of the molecule is COc1ccc(C(=O)NCc2cc3ccccc3[nH]2)cc1COc1ccccc1Br. The number of carbonyl (C=O) groups is 1. The topological polar surface area (TPSA) is 63.3 Å². The van der Waals surface area contributed by atoms with Crippen LogP contribution in [0.4, 0.5) is 0 Å². The van der Waals surface area contributed by atoms with E-state index in [0.29, 0.717) is 17.9 Å². The number of H-pyrrole nitrogens is 1. The molecule has 0 aliphatic carbocycles. The van der Waals surface area contributed by atoms with Gasteiger partial charge < -0.3 is 19.8 Å². The van der Waals surface area contributed by atoms with Crippen molar-refractivity contribution in [3.05, 3.63) is 94.1 Å². The molecule has 0 aliphatic heterocycles. The second kappa shape index (κ2) is 9.05. The van der Waals surface area contributed by atoms with Gasteiger partial charge in [0.25, 0.3) is 5.91 Å². The van der Waals surface area contributed by atoms with Crippen LogP contribution in [-0.2, 0) is 13.2 Å². The summed E-state index contributed by atoms with van der Waals surface area (Å²) >= 11 is 3.48. The van der Waals surface area contributed by atoms with Crippen LogP contribution in [0.1, 0.15) is 21.6 Å². The summed E-state index contributed by atoms with van der Waals surface area (Å²) in [5.41, 5.74) is 3.36. The minimum absolute atomic E-state index is 0.154. The van der Waals surface area contributed by atoms with E-state index in [9.17, 15) is 4.79 Å². The molecule has 0 spiro atoms. The Morgan fingerprint density at radius 2 is 1.80 bits per heavy atom. The number of para-hydroxylation sites is 2. The molecule has 4 rings (SSSR count). The van der Waals surface area contributed by atoms with Crippen molar-refractivity contribution in [3.63, 3.8) is 0 Å². The fourth-order valence-corrected chi connectivity index (χ4v) is 3.66. The highest BCUT2D eigenvalue weighted by molar-refractivity contribution is 9.10. The highest BCUT2D eigenvalue weighted by Gasteiger charge is 2.12. The number of aromatic nitrogens is 1. The van der Waals surface area contributed by atoms with E-state index < -0.39 is 0 Å². The fraction of sp³-hybridized carbons (Fsp3) is 0.125. The van der Waals surface area contributed by atoms with E-state index >= 15 is 0 Å². The lowest BCUT2D eigenvalue weighted by Gasteiger charge is -2.13. The lowest BCUT2D eigenvalue weighted by Crippen LogP contribution is -2.23. The molecule has 5 nitrogen and oxygen atoms in total. The third-order valence-electron chi connectivity index (χ3n) is 4.79. The molecule has 3 aromatic carbocycles. The van der Waals surface area contributed by atoms with Gasteiger partial charge in [-0.25, -0.2) is 0 Å². The second-order valence-corrected chi connectivity index (χ2v) is 7.66. The van der Waals surface area contributed by atoms with Crippen molar-refractivity contribution in [3.8, 4) is 11.5 Å². The normalized spacial score (nSPS) is 10.7. The maximum absolute atomic E-state index is 12.7. The van der Waals surface area contributed by atoms with Gasteiger partial charge in [0.1, 0.15) is 18.1 Å². The second-order valence-electron chi connectivity index (χ2n) is 6.81. The molecule has 0 fully saturated rings. The van der Waals surface area contributed by atoms with Gasteiger partial charge in [-0.05, 0) is 63.8 Å². The number of fused-ring (bicyclic) bond motifs is 1. The molecule has 0 radical (unpaired) electrons. The Balaban J connectivity index is 1.45. The van der Waals surface area contributed by atoms with Crippen LogP contribution in [0.15, 0.2) is 77.3 Å². The van der Waals surface area contributed by atoms with E-state index in [0.717, 1.165) is 32.4 Å². The Kier molecular flexibility index (Phi) is 6.05. The molecule has 0 unspecified atom stereocenters. The molecule has 1 amide bonds. The predicted molar refractivity (Wildman–Crippen MR) is 121 cm³/mol. The van der Waals surface area contributed by atoms with Crippen molar-refractivity contribution >= 4 is 32.7 Å². The number of hydrogen-bond acceptors (Lipinski definition) is 3. The fourth-order valence-electron chi connectivity index (χ4n) is 3.26. The van der Waals surface area contributed by atoms with E-state index in [2.05, 4.69) is 26.2 Å². The molecule has 0 atom stereocenters. The Morgan fingerprint density at radius 3 is 2.60 bits per heavy atom. The third-order valence-corrected chi connectivity index (χ3v) is 5.44. The van der Waals surface area contributed by atoms with E-state index in [4.69, 9.17) is 9.47 Å². The minimum Gasteiger partial charge on any atom is -0.496 e. The van der Waals surface area contributed by atoms with Gasteiger partial charge in [0.2, 0.25) is 0 Å². The van der Waals surface area contributed by atoms with E-state index in [1.54, 1.807) is 25.3 Å². The number of carbonyl (C=O) groups excluding carboxylic acids is 1. The van der Waals surface area contributed by atoms with Crippen LogP contribution >= 0.6 is 15.9 Å². The zero-order valence-corrected chi connectivity index (χ0v) is 18.0. The minimum atomic E-state index is -0.154. The average molecular weight is 465 g/mol. The molecule has 1 heterocycles. The molecule has 0 aliphatic rings. The number of amides is 1. The number of aromatic amines is 1. The van der Waals surface area contributed by atoms with Crippen LogP contribution in [0.25, 0.3) is 10.9 Å². The van der Waals surface area contributed by atoms with Crippen molar-refractivity contribution < 1.29 is 14.3 Å². The van der Waals surface area contributed by atoms with Gasteiger partial charge in [-0.3, -0.25) is 4.79 Å².